The number of aromatic nitrogens is 3. The predicted octanol–water partition coefficient (Wildman–Crippen LogP) is 4.68. The number of halogens is 2. The number of fused-ring (bicyclic) bond motifs is 1. The molecule has 0 aliphatic rings. The lowest BCUT2D eigenvalue weighted by atomic mass is 10.2. The first-order valence-corrected chi connectivity index (χ1v) is 9.31. The zero-order valence-corrected chi connectivity index (χ0v) is 14.9. The van der Waals surface area contributed by atoms with Gasteiger partial charge < -0.3 is 4.57 Å². The highest BCUT2D eigenvalue weighted by atomic mass is 79.9. The molecular weight excluding hydrogens is 358 g/mol. The number of hydrogen-bond acceptors (Lipinski definition) is 3. The lowest BCUT2D eigenvalue weighted by molar-refractivity contribution is 0.525. The number of imidazole rings is 1. The van der Waals surface area contributed by atoms with Crippen LogP contribution < -0.4 is 0 Å². The van der Waals surface area contributed by atoms with Crippen molar-refractivity contribution in [2.45, 2.75) is 32.7 Å². The molecular formula is C14H19BrClN3S. The van der Waals surface area contributed by atoms with Gasteiger partial charge in [-0.25, -0.2) is 9.97 Å². The highest BCUT2D eigenvalue weighted by molar-refractivity contribution is 9.10. The van der Waals surface area contributed by atoms with Gasteiger partial charge in [0, 0.05) is 29.0 Å². The number of nitrogens with zero attached hydrogens (tertiary/aromatic N) is 3. The van der Waals surface area contributed by atoms with Crippen molar-refractivity contribution in [1.29, 1.82) is 0 Å². The summed E-state index contributed by atoms with van der Waals surface area (Å²) in [5.74, 6) is 3.95. The van der Waals surface area contributed by atoms with Crippen molar-refractivity contribution in [3.8, 4) is 0 Å². The van der Waals surface area contributed by atoms with Crippen LogP contribution >= 0.6 is 39.3 Å². The normalized spacial score (nSPS) is 13.0. The Morgan fingerprint density at radius 2 is 2.30 bits per heavy atom. The molecule has 6 heteroatoms. The van der Waals surface area contributed by atoms with Gasteiger partial charge in [0.15, 0.2) is 5.65 Å². The quantitative estimate of drug-likeness (QED) is 0.519. The van der Waals surface area contributed by atoms with Crippen LogP contribution in [0.5, 0.6) is 0 Å². The van der Waals surface area contributed by atoms with E-state index >= 15 is 0 Å². The van der Waals surface area contributed by atoms with Crippen LogP contribution in [0.2, 0.25) is 0 Å². The average molecular weight is 377 g/mol. The first-order chi connectivity index (χ1) is 9.67. The van der Waals surface area contributed by atoms with Gasteiger partial charge in [-0.15, -0.1) is 11.6 Å². The molecule has 0 aliphatic carbocycles. The average Bonchev–Trinajstić information content (AvgIpc) is 2.76. The minimum Gasteiger partial charge on any atom is -0.310 e. The Balaban J connectivity index is 2.34. The van der Waals surface area contributed by atoms with E-state index in [0.29, 0.717) is 11.9 Å². The summed E-state index contributed by atoms with van der Waals surface area (Å²) in [6.07, 6.45) is 3.73. The van der Waals surface area contributed by atoms with Gasteiger partial charge in [0.05, 0.1) is 0 Å². The molecule has 2 heterocycles. The number of hydrogen-bond donors (Lipinski definition) is 0. The van der Waals surface area contributed by atoms with E-state index in [0.717, 1.165) is 45.8 Å². The van der Waals surface area contributed by atoms with Crippen molar-refractivity contribution in [2.24, 2.45) is 0 Å². The van der Waals surface area contributed by atoms with Crippen molar-refractivity contribution >= 4 is 50.5 Å². The highest BCUT2D eigenvalue weighted by Gasteiger charge is 2.16. The maximum absolute atomic E-state index is 5.91. The van der Waals surface area contributed by atoms with Crippen LogP contribution in [0.25, 0.3) is 11.2 Å². The topological polar surface area (TPSA) is 30.7 Å². The van der Waals surface area contributed by atoms with Crippen molar-refractivity contribution in [1.82, 2.24) is 14.5 Å². The van der Waals surface area contributed by atoms with Crippen LogP contribution in [0, 0.1) is 0 Å². The van der Waals surface area contributed by atoms with Gasteiger partial charge in [-0.2, -0.15) is 11.8 Å². The molecule has 2 rings (SSSR count). The molecule has 0 N–H and O–H groups in total. The summed E-state index contributed by atoms with van der Waals surface area (Å²) in [5, 5.41) is 0. The minimum absolute atomic E-state index is 0.394. The fourth-order valence-electron chi connectivity index (χ4n) is 2.26. The summed E-state index contributed by atoms with van der Waals surface area (Å²) in [4.78, 5) is 9.23. The van der Waals surface area contributed by atoms with E-state index in [9.17, 15) is 0 Å². The Hall–Kier alpha value is -0.260. The molecule has 3 nitrogen and oxygen atoms in total. The Kier molecular flexibility index (Phi) is 6.18. The second kappa shape index (κ2) is 7.66. The summed E-state index contributed by atoms with van der Waals surface area (Å²) in [6.45, 7) is 4.43. The summed E-state index contributed by atoms with van der Waals surface area (Å²) < 4.78 is 3.21. The molecule has 110 valence electrons. The zero-order valence-electron chi connectivity index (χ0n) is 11.8. The lowest BCUT2D eigenvalue weighted by Gasteiger charge is -2.16. The van der Waals surface area contributed by atoms with Gasteiger partial charge >= 0.3 is 0 Å². The molecule has 0 bridgehead atoms. The lowest BCUT2D eigenvalue weighted by Crippen LogP contribution is -2.11. The van der Waals surface area contributed by atoms with Gasteiger partial charge in [0.1, 0.15) is 11.3 Å². The Bertz CT molecular complexity index is 573. The smallest absolute Gasteiger partial charge is 0.160 e. The van der Waals surface area contributed by atoms with Crippen molar-refractivity contribution < 1.29 is 0 Å². The van der Waals surface area contributed by atoms with Crippen LogP contribution in [0.4, 0.5) is 0 Å². The van der Waals surface area contributed by atoms with E-state index in [1.807, 2.05) is 24.0 Å². The number of thioether (sulfide) groups is 1. The molecule has 20 heavy (non-hydrogen) atoms. The van der Waals surface area contributed by atoms with E-state index < -0.39 is 0 Å². The third-order valence-electron chi connectivity index (χ3n) is 3.21. The van der Waals surface area contributed by atoms with E-state index in [1.54, 1.807) is 0 Å². The Morgan fingerprint density at radius 3 is 3.00 bits per heavy atom. The summed E-state index contributed by atoms with van der Waals surface area (Å²) in [7, 11) is 0. The van der Waals surface area contributed by atoms with Crippen LogP contribution in [-0.2, 0) is 6.42 Å². The summed E-state index contributed by atoms with van der Waals surface area (Å²) in [6, 6.07) is 2.41. The van der Waals surface area contributed by atoms with Crippen LogP contribution in [0.3, 0.4) is 0 Å². The maximum atomic E-state index is 5.91. The predicted molar refractivity (Wildman–Crippen MR) is 92.0 cm³/mol. The third kappa shape index (κ3) is 3.68. The second-order valence-electron chi connectivity index (χ2n) is 4.67. The largest absolute Gasteiger partial charge is 0.310 e. The Morgan fingerprint density at radius 1 is 1.50 bits per heavy atom. The van der Waals surface area contributed by atoms with E-state index in [4.69, 9.17) is 16.6 Å². The van der Waals surface area contributed by atoms with Gasteiger partial charge in [0.2, 0.25) is 0 Å². The molecule has 2 aromatic rings. The minimum atomic E-state index is 0.394. The van der Waals surface area contributed by atoms with Crippen molar-refractivity contribution in [3.63, 3.8) is 0 Å². The van der Waals surface area contributed by atoms with Gasteiger partial charge in [0.25, 0.3) is 0 Å². The van der Waals surface area contributed by atoms with E-state index in [-0.39, 0.29) is 0 Å². The molecule has 1 unspecified atom stereocenters. The van der Waals surface area contributed by atoms with Gasteiger partial charge in [-0.3, -0.25) is 0 Å². The van der Waals surface area contributed by atoms with Crippen LogP contribution in [0.1, 0.15) is 32.1 Å². The van der Waals surface area contributed by atoms with Crippen LogP contribution in [0.15, 0.2) is 16.7 Å². The molecule has 0 aliphatic heterocycles. The van der Waals surface area contributed by atoms with Gasteiger partial charge in [-0.05, 0) is 46.8 Å². The molecule has 0 amide bonds. The first-order valence-electron chi connectivity index (χ1n) is 6.83. The van der Waals surface area contributed by atoms with Gasteiger partial charge in [-0.1, -0.05) is 6.92 Å². The van der Waals surface area contributed by atoms with E-state index in [2.05, 4.69) is 39.3 Å². The van der Waals surface area contributed by atoms with E-state index in [1.165, 1.54) is 0 Å². The molecule has 1 atom stereocenters. The molecule has 0 spiro atoms. The standard InChI is InChI=1S/C14H19BrClN3S/c1-3-20-7-5-10(2)19-13(4-6-16)18-12-8-11(15)9-17-14(12)19/h8-10H,3-7H2,1-2H3. The van der Waals surface area contributed by atoms with Crippen LogP contribution in [-0.4, -0.2) is 31.9 Å². The molecule has 0 fully saturated rings. The van der Waals surface area contributed by atoms with Crippen molar-refractivity contribution in [3.05, 3.63) is 22.6 Å². The number of rotatable bonds is 7. The molecule has 0 radical (unpaired) electrons. The maximum Gasteiger partial charge on any atom is 0.160 e. The first kappa shape index (κ1) is 16.1. The number of pyridine rings is 1. The number of aryl methyl sites for hydroxylation is 1. The Labute approximate surface area is 137 Å². The number of alkyl halides is 1. The molecule has 0 saturated heterocycles. The van der Waals surface area contributed by atoms with Crippen molar-refractivity contribution in [2.75, 3.05) is 17.4 Å². The SMILES string of the molecule is CCSCCC(C)n1c(CCCl)nc2cc(Br)cnc21. The summed E-state index contributed by atoms with van der Waals surface area (Å²) in [5.41, 5.74) is 1.90. The molecule has 0 saturated carbocycles. The molecule has 0 aromatic carbocycles. The third-order valence-corrected chi connectivity index (χ3v) is 4.77. The monoisotopic (exact) mass is 375 g/mol. The zero-order chi connectivity index (χ0) is 14.5. The fourth-order valence-corrected chi connectivity index (χ4v) is 3.54. The fraction of sp³-hybridized carbons (Fsp3) is 0.571. The molecule has 2 aromatic heterocycles. The summed E-state index contributed by atoms with van der Waals surface area (Å²) >= 11 is 11.3. The highest BCUT2D eigenvalue weighted by Crippen LogP contribution is 2.25. The second-order valence-corrected chi connectivity index (χ2v) is 7.36.